The van der Waals surface area contributed by atoms with Gasteiger partial charge in [0.15, 0.2) is 0 Å². The van der Waals surface area contributed by atoms with Crippen LogP contribution in [0.25, 0.3) is 0 Å². The molecule has 1 aromatic carbocycles. The van der Waals surface area contributed by atoms with E-state index >= 15 is 0 Å². The van der Waals surface area contributed by atoms with Crippen LogP contribution in [-0.4, -0.2) is 6.04 Å². The van der Waals surface area contributed by atoms with Crippen LogP contribution in [0.3, 0.4) is 0 Å². The highest BCUT2D eigenvalue weighted by atomic mass is 14.6. The van der Waals surface area contributed by atoms with Gasteiger partial charge >= 0.3 is 0 Å². The largest absolute Gasteiger partial charge is 0.399 e. The Balaban J connectivity index is 2.86. The molecule has 0 saturated heterocycles. The molecule has 0 bridgehead atoms. The van der Waals surface area contributed by atoms with Crippen LogP contribution in [0.15, 0.2) is 18.2 Å². The lowest BCUT2D eigenvalue weighted by Crippen LogP contribution is -2.18. The average Bonchev–Trinajstić information content (AvgIpc) is 1.94. The maximum absolute atomic E-state index is 5.70. The number of aryl methyl sites for hydroxylation is 1. The lowest BCUT2D eigenvalue weighted by molar-refractivity contribution is 0.735. The fourth-order valence-electron chi connectivity index (χ4n) is 1.29. The van der Waals surface area contributed by atoms with Gasteiger partial charge in [-0.1, -0.05) is 6.07 Å². The van der Waals surface area contributed by atoms with Crippen LogP contribution in [0.5, 0.6) is 0 Å². The molecule has 0 fully saturated rings. The van der Waals surface area contributed by atoms with Crippen LogP contribution in [0, 0.1) is 6.92 Å². The number of rotatable bonds is 2. The van der Waals surface area contributed by atoms with Crippen molar-refractivity contribution < 1.29 is 0 Å². The molecule has 12 heavy (non-hydrogen) atoms. The van der Waals surface area contributed by atoms with Crippen molar-refractivity contribution in [1.29, 1.82) is 0 Å². The summed E-state index contributed by atoms with van der Waals surface area (Å²) in [7, 11) is 0. The second kappa shape index (κ2) is 3.59. The normalized spacial score (nSPS) is 12.9. The van der Waals surface area contributed by atoms with Crippen molar-refractivity contribution in [2.45, 2.75) is 26.3 Å². The van der Waals surface area contributed by atoms with E-state index in [2.05, 4.69) is 6.92 Å². The summed E-state index contributed by atoms with van der Waals surface area (Å²) in [5.41, 5.74) is 14.7. The zero-order chi connectivity index (χ0) is 9.14. The average molecular weight is 164 g/mol. The number of hydrogen-bond acceptors (Lipinski definition) is 2. The number of nitrogen functional groups attached to an aromatic ring is 1. The first-order valence-corrected chi connectivity index (χ1v) is 4.20. The molecule has 0 unspecified atom stereocenters. The highest BCUT2D eigenvalue weighted by Crippen LogP contribution is 2.13. The standard InChI is InChI=1S/C10H16N2/c1-7-5-10(12)4-3-9(7)6-8(2)11/h3-5,8H,6,11-12H2,1-2H3/t8-/m1/s1. The predicted molar refractivity (Wildman–Crippen MR) is 52.9 cm³/mol. The smallest absolute Gasteiger partial charge is 0.0316 e. The molecule has 0 heterocycles. The Labute approximate surface area is 73.6 Å². The molecule has 0 aliphatic rings. The molecular formula is C10H16N2. The van der Waals surface area contributed by atoms with Crippen LogP contribution in [0.1, 0.15) is 18.1 Å². The molecule has 0 spiro atoms. The van der Waals surface area contributed by atoms with E-state index in [0.717, 1.165) is 12.1 Å². The molecule has 66 valence electrons. The second-order valence-electron chi connectivity index (χ2n) is 3.37. The third kappa shape index (κ3) is 2.24. The lowest BCUT2D eigenvalue weighted by Gasteiger charge is -2.08. The van der Waals surface area contributed by atoms with Crippen LogP contribution in [-0.2, 0) is 6.42 Å². The molecule has 0 saturated carbocycles. The zero-order valence-electron chi connectivity index (χ0n) is 7.67. The Morgan fingerprint density at radius 3 is 2.58 bits per heavy atom. The molecule has 0 amide bonds. The van der Waals surface area contributed by atoms with Gasteiger partial charge < -0.3 is 11.5 Å². The summed E-state index contributed by atoms with van der Waals surface area (Å²) in [6.45, 7) is 4.07. The van der Waals surface area contributed by atoms with Gasteiger partial charge in [0.1, 0.15) is 0 Å². The van der Waals surface area contributed by atoms with Gasteiger partial charge in [0, 0.05) is 11.7 Å². The molecule has 1 rings (SSSR count). The quantitative estimate of drug-likeness (QED) is 0.650. The van der Waals surface area contributed by atoms with E-state index in [9.17, 15) is 0 Å². The summed E-state index contributed by atoms with van der Waals surface area (Å²) in [5, 5.41) is 0. The summed E-state index contributed by atoms with van der Waals surface area (Å²) < 4.78 is 0. The second-order valence-corrected chi connectivity index (χ2v) is 3.37. The number of hydrogen-bond donors (Lipinski definition) is 2. The maximum Gasteiger partial charge on any atom is 0.0316 e. The monoisotopic (exact) mass is 164 g/mol. The highest BCUT2D eigenvalue weighted by molar-refractivity contribution is 5.44. The van der Waals surface area contributed by atoms with E-state index in [1.807, 2.05) is 25.1 Å². The molecule has 0 radical (unpaired) electrons. The molecule has 2 heteroatoms. The fraction of sp³-hybridized carbons (Fsp3) is 0.400. The molecule has 1 aromatic rings. The Morgan fingerprint density at radius 2 is 2.08 bits per heavy atom. The van der Waals surface area contributed by atoms with Gasteiger partial charge in [-0.05, 0) is 43.5 Å². The van der Waals surface area contributed by atoms with Crippen molar-refractivity contribution in [3.05, 3.63) is 29.3 Å². The van der Waals surface area contributed by atoms with Gasteiger partial charge in [-0.2, -0.15) is 0 Å². The van der Waals surface area contributed by atoms with E-state index in [-0.39, 0.29) is 6.04 Å². The zero-order valence-corrected chi connectivity index (χ0v) is 7.67. The van der Waals surface area contributed by atoms with Gasteiger partial charge in [0.05, 0.1) is 0 Å². The molecule has 0 aliphatic carbocycles. The van der Waals surface area contributed by atoms with Gasteiger partial charge in [0.25, 0.3) is 0 Å². The topological polar surface area (TPSA) is 52.0 Å². The highest BCUT2D eigenvalue weighted by Gasteiger charge is 2.01. The maximum atomic E-state index is 5.70. The van der Waals surface area contributed by atoms with Crippen molar-refractivity contribution in [1.82, 2.24) is 0 Å². The minimum absolute atomic E-state index is 0.215. The Bertz CT molecular complexity index is 267. The van der Waals surface area contributed by atoms with Crippen LogP contribution in [0.2, 0.25) is 0 Å². The van der Waals surface area contributed by atoms with Gasteiger partial charge in [-0.3, -0.25) is 0 Å². The Kier molecular flexibility index (Phi) is 2.71. The first kappa shape index (κ1) is 9.07. The number of anilines is 1. The minimum atomic E-state index is 0.215. The summed E-state index contributed by atoms with van der Waals surface area (Å²) >= 11 is 0. The van der Waals surface area contributed by atoms with Gasteiger partial charge in [0.2, 0.25) is 0 Å². The molecule has 2 nitrogen and oxygen atoms in total. The SMILES string of the molecule is Cc1cc(N)ccc1C[C@@H](C)N. The van der Waals surface area contributed by atoms with Crippen LogP contribution in [0.4, 0.5) is 5.69 Å². The summed E-state index contributed by atoms with van der Waals surface area (Å²) in [6, 6.07) is 6.17. The Hall–Kier alpha value is -1.02. The fourth-order valence-corrected chi connectivity index (χ4v) is 1.29. The van der Waals surface area contributed by atoms with Crippen molar-refractivity contribution in [2.75, 3.05) is 5.73 Å². The van der Waals surface area contributed by atoms with Crippen molar-refractivity contribution in [3.8, 4) is 0 Å². The van der Waals surface area contributed by atoms with Crippen LogP contribution < -0.4 is 11.5 Å². The molecule has 4 N–H and O–H groups in total. The van der Waals surface area contributed by atoms with Crippen molar-refractivity contribution in [2.24, 2.45) is 5.73 Å². The number of benzene rings is 1. The summed E-state index contributed by atoms with van der Waals surface area (Å²) in [4.78, 5) is 0. The lowest BCUT2D eigenvalue weighted by atomic mass is 10.0. The summed E-state index contributed by atoms with van der Waals surface area (Å²) in [6.07, 6.45) is 0.923. The van der Waals surface area contributed by atoms with Crippen molar-refractivity contribution in [3.63, 3.8) is 0 Å². The minimum Gasteiger partial charge on any atom is -0.399 e. The predicted octanol–water partition coefficient (Wildman–Crippen LogP) is 1.47. The van der Waals surface area contributed by atoms with Crippen LogP contribution >= 0.6 is 0 Å². The molecular weight excluding hydrogens is 148 g/mol. The van der Waals surface area contributed by atoms with Gasteiger partial charge in [-0.25, -0.2) is 0 Å². The Morgan fingerprint density at radius 1 is 1.42 bits per heavy atom. The third-order valence-electron chi connectivity index (χ3n) is 1.91. The number of nitrogens with two attached hydrogens (primary N) is 2. The third-order valence-corrected chi connectivity index (χ3v) is 1.91. The van der Waals surface area contributed by atoms with E-state index in [4.69, 9.17) is 11.5 Å². The molecule has 0 aliphatic heterocycles. The first-order chi connectivity index (χ1) is 5.59. The van der Waals surface area contributed by atoms with E-state index in [1.165, 1.54) is 11.1 Å². The first-order valence-electron chi connectivity index (χ1n) is 4.20. The van der Waals surface area contributed by atoms with E-state index in [1.54, 1.807) is 0 Å². The molecule has 0 aromatic heterocycles. The summed E-state index contributed by atoms with van der Waals surface area (Å²) in [5.74, 6) is 0. The van der Waals surface area contributed by atoms with Crippen molar-refractivity contribution >= 4 is 5.69 Å². The van der Waals surface area contributed by atoms with Gasteiger partial charge in [-0.15, -0.1) is 0 Å². The molecule has 1 atom stereocenters. The van der Waals surface area contributed by atoms with E-state index in [0.29, 0.717) is 0 Å². The van der Waals surface area contributed by atoms with E-state index < -0.39 is 0 Å².